The summed E-state index contributed by atoms with van der Waals surface area (Å²) in [6, 6.07) is 8.35. The number of primary amides is 1. The van der Waals surface area contributed by atoms with Crippen molar-refractivity contribution in [1.29, 1.82) is 0 Å². The lowest BCUT2D eigenvalue weighted by molar-refractivity contribution is -0.120. The quantitative estimate of drug-likeness (QED) is 0.790. The van der Waals surface area contributed by atoms with Gasteiger partial charge in [0.1, 0.15) is 0 Å². The molecule has 1 aromatic carbocycles. The first-order valence-corrected chi connectivity index (χ1v) is 7.97. The summed E-state index contributed by atoms with van der Waals surface area (Å²) in [5, 5.41) is 0. The molecular formula is C17H27N3O. The van der Waals surface area contributed by atoms with E-state index in [1.165, 1.54) is 19.3 Å². The zero-order valence-corrected chi connectivity index (χ0v) is 12.9. The molecule has 4 N–H and O–H groups in total. The summed E-state index contributed by atoms with van der Waals surface area (Å²) in [6.45, 7) is 3.32. The third-order valence-electron chi connectivity index (χ3n) is 4.56. The van der Waals surface area contributed by atoms with E-state index in [1.54, 1.807) is 0 Å². The van der Waals surface area contributed by atoms with Gasteiger partial charge in [-0.05, 0) is 36.5 Å². The molecule has 1 saturated carbocycles. The third-order valence-corrected chi connectivity index (χ3v) is 4.56. The number of nitrogens with zero attached hydrogens (tertiary/aromatic N) is 1. The highest BCUT2D eigenvalue weighted by Gasteiger charge is 2.29. The van der Waals surface area contributed by atoms with Crippen molar-refractivity contribution in [3.8, 4) is 0 Å². The van der Waals surface area contributed by atoms with E-state index in [-0.39, 0.29) is 5.91 Å². The lowest BCUT2D eigenvalue weighted by Crippen LogP contribution is -2.45. The summed E-state index contributed by atoms with van der Waals surface area (Å²) in [7, 11) is 0. The Balaban J connectivity index is 2.14. The first kappa shape index (κ1) is 15.8. The first-order chi connectivity index (χ1) is 10.1. The number of hydrogen-bond acceptors (Lipinski definition) is 3. The van der Waals surface area contributed by atoms with Gasteiger partial charge in [0, 0.05) is 18.3 Å². The Kier molecular flexibility index (Phi) is 5.62. The molecule has 0 spiro atoms. The topological polar surface area (TPSA) is 72.3 Å². The Morgan fingerprint density at radius 3 is 2.76 bits per heavy atom. The second-order valence-electron chi connectivity index (χ2n) is 6.14. The normalized spacial score (nSPS) is 22.4. The minimum absolute atomic E-state index is 0.251. The van der Waals surface area contributed by atoms with E-state index < -0.39 is 0 Å². The molecule has 2 atom stereocenters. The van der Waals surface area contributed by atoms with Gasteiger partial charge in [-0.15, -0.1) is 0 Å². The van der Waals surface area contributed by atoms with Crippen molar-refractivity contribution >= 4 is 11.6 Å². The molecule has 0 aliphatic heterocycles. The van der Waals surface area contributed by atoms with Crippen LogP contribution in [-0.4, -0.2) is 23.4 Å². The molecule has 1 aromatic rings. The van der Waals surface area contributed by atoms with Gasteiger partial charge in [0.25, 0.3) is 0 Å². The largest absolute Gasteiger partial charge is 0.399 e. The molecule has 0 radical (unpaired) electrons. The van der Waals surface area contributed by atoms with Crippen molar-refractivity contribution in [2.75, 3.05) is 12.3 Å². The molecule has 4 nitrogen and oxygen atoms in total. The van der Waals surface area contributed by atoms with Crippen LogP contribution < -0.4 is 11.5 Å². The highest BCUT2D eigenvalue weighted by atomic mass is 16.1. The van der Waals surface area contributed by atoms with Gasteiger partial charge in [-0.1, -0.05) is 38.3 Å². The zero-order chi connectivity index (χ0) is 15.2. The second-order valence-corrected chi connectivity index (χ2v) is 6.14. The van der Waals surface area contributed by atoms with Crippen molar-refractivity contribution in [2.45, 2.75) is 51.6 Å². The molecule has 2 unspecified atom stereocenters. The van der Waals surface area contributed by atoms with Crippen LogP contribution in [0.25, 0.3) is 0 Å². The number of rotatable bonds is 6. The predicted octanol–water partition coefficient (Wildman–Crippen LogP) is 2.52. The number of carbonyl (C=O) groups excluding carboxylic acids is 1. The van der Waals surface area contributed by atoms with Crippen molar-refractivity contribution in [1.82, 2.24) is 4.90 Å². The Morgan fingerprint density at radius 2 is 2.10 bits per heavy atom. The molecule has 0 saturated heterocycles. The van der Waals surface area contributed by atoms with Crippen LogP contribution in [0.2, 0.25) is 0 Å². The summed E-state index contributed by atoms with van der Waals surface area (Å²) < 4.78 is 0. The van der Waals surface area contributed by atoms with Crippen LogP contribution in [0.1, 0.15) is 44.6 Å². The van der Waals surface area contributed by atoms with E-state index in [2.05, 4.69) is 17.9 Å². The molecule has 1 fully saturated rings. The van der Waals surface area contributed by atoms with Crippen LogP contribution in [0, 0.1) is 5.92 Å². The van der Waals surface area contributed by atoms with E-state index in [1.807, 2.05) is 18.2 Å². The molecule has 21 heavy (non-hydrogen) atoms. The van der Waals surface area contributed by atoms with Gasteiger partial charge < -0.3 is 11.5 Å². The molecule has 0 bridgehead atoms. The molecule has 1 aliphatic carbocycles. The number of amides is 1. The Morgan fingerprint density at radius 1 is 1.33 bits per heavy atom. The monoisotopic (exact) mass is 289 g/mol. The summed E-state index contributed by atoms with van der Waals surface area (Å²) in [5.74, 6) is 0.415. The average molecular weight is 289 g/mol. The number of nitrogens with two attached hydrogens (primary N) is 2. The molecule has 0 heterocycles. The van der Waals surface area contributed by atoms with E-state index >= 15 is 0 Å². The van der Waals surface area contributed by atoms with E-state index in [0.717, 1.165) is 30.6 Å². The van der Waals surface area contributed by atoms with Crippen LogP contribution in [0.5, 0.6) is 0 Å². The van der Waals surface area contributed by atoms with Crippen LogP contribution >= 0.6 is 0 Å². The number of nitrogen functional groups attached to an aromatic ring is 1. The fourth-order valence-corrected chi connectivity index (χ4v) is 3.56. The minimum Gasteiger partial charge on any atom is -0.399 e. The highest BCUT2D eigenvalue weighted by molar-refractivity contribution is 5.76. The lowest BCUT2D eigenvalue weighted by Gasteiger charge is -2.39. The van der Waals surface area contributed by atoms with E-state index in [4.69, 9.17) is 11.5 Å². The lowest BCUT2D eigenvalue weighted by atomic mass is 9.81. The summed E-state index contributed by atoms with van der Waals surface area (Å²) >= 11 is 0. The smallest absolute Gasteiger partial charge is 0.231 e. The van der Waals surface area contributed by atoms with Crippen molar-refractivity contribution in [2.24, 2.45) is 11.7 Å². The van der Waals surface area contributed by atoms with Crippen LogP contribution in [0.3, 0.4) is 0 Å². The van der Waals surface area contributed by atoms with Crippen LogP contribution in [0.15, 0.2) is 24.3 Å². The van der Waals surface area contributed by atoms with Gasteiger partial charge in [0.2, 0.25) is 5.91 Å². The molecule has 1 amide bonds. The standard InChI is InChI=1S/C17H27N3O/c1-2-14-7-3-4-9-16(14)20(12-17(19)21)11-13-6-5-8-15(18)10-13/h5-6,8,10,14,16H,2-4,7,9,11-12,18H2,1H3,(H2,19,21). The summed E-state index contributed by atoms with van der Waals surface area (Å²) in [6.07, 6.45) is 6.13. The molecule has 116 valence electrons. The molecule has 2 rings (SSSR count). The SMILES string of the molecule is CCC1CCCCC1N(CC(N)=O)Cc1cccc(N)c1. The van der Waals surface area contributed by atoms with E-state index in [9.17, 15) is 4.79 Å². The maximum atomic E-state index is 11.5. The fourth-order valence-electron chi connectivity index (χ4n) is 3.56. The highest BCUT2D eigenvalue weighted by Crippen LogP contribution is 2.31. The van der Waals surface area contributed by atoms with Crippen molar-refractivity contribution in [3.05, 3.63) is 29.8 Å². The van der Waals surface area contributed by atoms with Crippen molar-refractivity contribution in [3.63, 3.8) is 0 Å². The van der Waals surface area contributed by atoms with Gasteiger partial charge in [0.05, 0.1) is 6.54 Å². The van der Waals surface area contributed by atoms with Gasteiger partial charge in [-0.2, -0.15) is 0 Å². The van der Waals surface area contributed by atoms with Gasteiger partial charge in [-0.25, -0.2) is 0 Å². The maximum absolute atomic E-state index is 11.5. The Labute approximate surface area is 127 Å². The third kappa shape index (κ3) is 4.46. The summed E-state index contributed by atoms with van der Waals surface area (Å²) in [5.41, 5.74) is 13.2. The molecule has 1 aliphatic rings. The van der Waals surface area contributed by atoms with Gasteiger partial charge in [0.15, 0.2) is 0 Å². The minimum atomic E-state index is -0.251. The van der Waals surface area contributed by atoms with Crippen LogP contribution in [0.4, 0.5) is 5.69 Å². The Bertz CT molecular complexity index is 475. The van der Waals surface area contributed by atoms with Crippen molar-refractivity contribution < 1.29 is 4.79 Å². The van der Waals surface area contributed by atoms with Gasteiger partial charge in [-0.3, -0.25) is 9.69 Å². The zero-order valence-electron chi connectivity index (χ0n) is 12.9. The molecular weight excluding hydrogens is 262 g/mol. The maximum Gasteiger partial charge on any atom is 0.231 e. The number of hydrogen-bond donors (Lipinski definition) is 2. The average Bonchev–Trinajstić information content (AvgIpc) is 2.46. The molecule has 4 heteroatoms. The number of anilines is 1. The summed E-state index contributed by atoms with van der Waals surface area (Å²) in [4.78, 5) is 13.7. The Hall–Kier alpha value is -1.55. The number of carbonyl (C=O) groups is 1. The van der Waals surface area contributed by atoms with E-state index in [0.29, 0.717) is 18.5 Å². The van der Waals surface area contributed by atoms with Crippen LogP contribution in [-0.2, 0) is 11.3 Å². The fraction of sp³-hybridized carbons (Fsp3) is 0.588. The predicted molar refractivity (Wildman–Crippen MR) is 86.5 cm³/mol. The van der Waals surface area contributed by atoms with Gasteiger partial charge >= 0.3 is 0 Å². The first-order valence-electron chi connectivity index (χ1n) is 7.97. The number of benzene rings is 1. The molecule has 0 aromatic heterocycles. The second kappa shape index (κ2) is 7.46.